The lowest BCUT2D eigenvalue weighted by Crippen LogP contribution is -2.22. The second-order valence-corrected chi connectivity index (χ2v) is 3.69. The molecule has 0 amide bonds. The Kier molecular flexibility index (Phi) is 5.46. The Morgan fingerprint density at radius 1 is 1.20 bits per heavy atom. The predicted molar refractivity (Wildman–Crippen MR) is 72.8 cm³/mol. The maximum absolute atomic E-state index is 11.9. The number of aliphatic hydroxyl groups is 1. The van der Waals surface area contributed by atoms with Gasteiger partial charge in [-0.25, -0.2) is 9.59 Å². The molecule has 0 bridgehead atoms. The second kappa shape index (κ2) is 7.08. The fraction of sp³-hybridized carbons (Fsp3) is 0.214. The molecule has 0 aliphatic carbocycles. The first kappa shape index (κ1) is 15.4. The van der Waals surface area contributed by atoms with E-state index < -0.39 is 23.3 Å². The van der Waals surface area contributed by atoms with Crippen molar-refractivity contribution in [3.63, 3.8) is 0 Å². The molecule has 6 nitrogen and oxygen atoms in total. The van der Waals surface area contributed by atoms with E-state index in [2.05, 4.69) is 4.99 Å². The van der Waals surface area contributed by atoms with Crippen LogP contribution in [0.4, 0.5) is 0 Å². The molecule has 1 rings (SSSR count). The van der Waals surface area contributed by atoms with Crippen LogP contribution in [0.2, 0.25) is 0 Å². The van der Waals surface area contributed by atoms with Gasteiger partial charge in [-0.2, -0.15) is 0 Å². The first-order valence-electron chi connectivity index (χ1n) is 5.89. The number of benzene rings is 1. The number of carbonyl (C=O) groups is 2. The first-order chi connectivity index (χ1) is 9.52. The summed E-state index contributed by atoms with van der Waals surface area (Å²) in [5.74, 6) is -3.64. The fourth-order valence-electron chi connectivity index (χ4n) is 1.60. The summed E-state index contributed by atoms with van der Waals surface area (Å²) in [6.45, 7) is 1.64. The van der Waals surface area contributed by atoms with Gasteiger partial charge in [0.15, 0.2) is 0 Å². The van der Waals surface area contributed by atoms with Crippen molar-refractivity contribution in [2.45, 2.75) is 6.92 Å². The molecule has 0 aromatic heterocycles. The molecule has 2 N–H and O–H groups in total. The van der Waals surface area contributed by atoms with E-state index in [0.29, 0.717) is 5.56 Å². The number of ether oxygens (including phenoxy) is 1. The van der Waals surface area contributed by atoms with Crippen LogP contribution in [-0.2, 0) is 14.3 Å². The lowest BCUT2D eigenvalue weighted by atomic mass is 10.0. The summed E-state index contributed by atoms with van der Waals surface area (Å²) in [6.07, 6.45) is 0. The van der Waals surface area contributed by atoms with Crippen molar-refractivity contribution in [1.29, 1.82) is 0 Å². The van der Waals surface area contributed by atoms with Gasteiger partial charge >= 0.3 is 11.9 Å². The topological polar surface area (TPSA) is 96.2 Å². The molecule has 1 aromatic rings. The molecule has 0 fully saturated rings. The Hall–Kier alpha value is -2.63. The summed E-state index contributed by atoms with van der Waals surface area (Å²) >= 11 is 0. The van der Waals surface area contributed by atoms with Gasteiger partial charge in [0, 0.05) is 12.6 Å². The van der Waals surface area contributed by atoms with E-state index >= 15 is 0 Å². The van der Waals surface area contributed by atoms with Crippen LogP contribution in [0, 0.1) is 0 Å². The van der Waals surface area contributed by atoms with Crippen LogP contribution >= 0.6 is 0 Å². The number of aliphatic hydroxyl groups excluding tert-OH is 1. The monoisotopic (exact) mass is 277 g/mol. The molecule has 0 unspecified atom stereocenters. The van der Waals surface area contributed by atoms with Crippen molar-refractivity contribution >= 4 is 17.7 Å². The summed E-state index contributed by atoms with van der Waals surface area (Å²) < 4.78 is 4.78. The van der Waals surface area contributed by atoms with Crippen molar-refractivity contribution in [3.05, 3.63) is 47.2 Å². The van der Waals surface area contributed by atoms with E-state index in [0.717, 1.165) is 0 Å². The number of carboxylic acid groups (broad SMARTS) is 1. The number of carboxylic acids is 1. The summed E-state index contributed by atoms with van der Waals surface area (Å²) in [5.41, 5.74) is 0.0999. The Labute approximate surface area is 116 Å². The maximum Gasteiger partial charge on any atom is 0.371 e. The van der Waals surface area contributed by atoms with Crippen molar-refractivity contribution < 1.29 is 24.5 Å². The fourth-order valence-corrected chi connectivity index (χ4v) is 1.60. The van der Waals surface area contributed by atoms with Crippen LogP contribution in [0.5, 0.6) is 0 Å². The van der Waals surface area contributed by atoms with E-state index in [1.807, 2.05) is 0 Å². The van der Waals surface area contributed by atoms with Crippen LogP contribution in [0.3, 0.4) is 0 Å². The van der Waals surface area contributed by atoms with Crippen LogP contribution in [0.1, 0.15) is 12.5 Å². The average Bonchev–Trinajstić information content (AvgIpc) is 2.44. The highest BCUT2D eigenvalue weighted by Gasteiger charge is 2.27. The standard InChI is InChI=1S/C14H15NO5/c1-3-20-14(19)10(12(16)13(17)18)11(15-2)9-7-5-4-6-8-9/h4-8,16H,3H2,1-2H3,(H,17,18)/b12-10-,15-11?. The van der Waals surface area contributed by atoms with Gasteiger partial charge in [0.2, 0.25) is 5.76 Å². The molecular formula is C14H15NO5. The molecule has 0 heterocycles. The molecule has 0 radical (unpaired) electrons. The minimum Gasteiger partial charge on any atom is -0.501 e. The number of esters is 1. The molecule has 6 heteroatoms. The average molecular weight is 277 g/mol. The molecule has 0 saturated heterocycles. The number of aliphatic carboxylic acids is 1. The predicted octanol–water partition coefficient (Wildman–Crippen LogP) is 1.57. The Morgan fingerprint density at radius 2 is 1.80 bits per heavy atom. The second-order valence-electron chi connectivity index (χ2n) is 3.69. The highest BCUT2D eigenvalue weighted by Crippen LogP contribution is 2.15. The highest BCUT2D eigenvalue weighted by atomic mass is 16.5. The molecule has 0 aliphatic heterocycles. The van der Waals surface area contributed by atoms with Gasteiger partial charge in [0.05, 0.1) is 12.3 Å². The van der Waals surface area contributed by atoms with Gasteiger partial charge in [-0.3, -0.25) is 4.99 Å². The number of aliphatic imine (C=N–C) groups is 1. The summed E-state index contributed by atoms with van der Waals surface area (Å²) in [7, 11) is 1.40. The van der Waals surface area contributed by atoms with E-state index in [-0.39, 0.29) is 12.3 Å². The summed E-state index contributed by atoms with van der Waals surface area (Å²) in [5, 5.41) is 18.5. The number of carbonyl (C=O) groups excluding carboxylic acids is 1. The minimum absolute atomic E-state index is 0.0566. The Bertz CT molecular complexity index is 560. The third-order valence-electron chi connectivity index (χ3n) is 2.43. The van der Waals surface area contributed by atoms with Gasteiger partial charge in [-0.15, -0.1) is 0 Å². The molecule has 0 aliphatic rings. The number of rotatable bonds is 5. The van der Waals surface area contributed by atoms with Crippen LogP contribution in [0.25, 0.3) is 0 Å². The van der Waals surface area contributed by atoms with Crippen molar-refractivity contribution in [3.8, 4) is 0 Å². The van der Waals surface area contributed by atoms with Gasteiger partial charge in [0.1, 0.15) is 5.57 Å². The van der Waals surface area contributed by atoms with Crippen LogP contribution in [-0.4, -0.2) is 41.5 Å². The zero-order chi connectivity index (χ0) is 15.1. The van der Waals surface area contributed by atoms with Crippen LogP contribution in [0.15, 0.2) is 46.7 Å². The third-order valence-corrected chi connectivity index (χ3v) is 2.43. The van der Waals surface area contributed by atoms with Gasteiger partial charge in [-0.05, 0) is 6.92 Å². The van der Waals surface area contributed by atoms with Crippen LogP contribution < -0.4 is 0 Å². The molecule has 0 atom stereocenters. The summed E-state index contributed by atoms with van der Waals surface area (Å²) in [4.78, 5) is 26.7. The van der Waals surface area contributed by atoms with Crippen molar-refractivity contribution in [2.24, 2.45) is 4.99 Å². The Morgan fingerprint density at radius 3 is 2.25 bits per heavy atom. The normalized spacial score (nSPS) is 12.6. The number of hydrogen-bond acceptors (Lipinski definition) is 5. The largest absolute Gasteiger partial charge is 0.501 e. The minimum atomic E-state index is -1.62. The maximum atomic E-state index is 11.9. The lowest BCUT2D eigenvalue weighted by Gasteiger charge is -2.11. The van der Waals surface area contributed by atoms with Crippen molar-refractivity contribution in [1.82, 2.24) is 0 Å². The first-order valence-corrected chi connectivity index (χ1v) is 5.89. The van der Waals surface area contributed by atoms with E-state index in [1.165, 1.54) is 7.05 Å². The molecule has 20 heavy (non-hydrogen) atoms. The third kappa shape index (κ3) is 3.44. The van der Waals surface area contributed by atoms with Crippen molar-refractivity contribution in [2.75, 3.05) is 13.7 Å². The van der Waals surface area contributed by atoms with E-state index in [4.69, 9.17) is 9.84 Å². The molecular weight excluding hydrogens is 262 g/mol. The molecule has 1 aromatic carbocycles. The Balaban J connectivity index is 3.41. The van der Waals surface area contributed by atoms with Gasteiger partial charge in [0.25, 0.3) is 0 Å². The van der Waals surface area contributed by atoms with Gasteiger partial charge in [-0.1, -0.05) is 30.3 Å². The van der Waals surface area contributed by atoms with E-state index in [1.54, 1.807) is 37.3 Å². The van der Waals surface area contributed by atoms with E-state index in [9.17, 15) is 14.7 Å². The zero-order valence-corrected chi connectivity index (χ0v) is 11.2. The quantitative estimate of drug-likeness (QED) is 0.368. The molecule has 0 spiro atoms. The number of hydrogen-bond donors (Lipinski definition) is 2. The molecule has 0 saturated carbocycles. The SMILES string of the molecule is CCOC(=O)/C(C(=NC)c1ccccc1)=C(\O)C(=O)O. The lowest BCUT2D eigenvalue weighted by molar-refractivity contribution is -0.140. The molecule has 106 valence electrons. The van der Waals surface area contributed by atoms with Gasteiger partial charge < -0.3 is 14.9 Å². The summed E-state index contributed by atoms with van der Waals surface area (Å²) in [6, 6.07) is 8.48. The highest BCUT2D eigenvalue weighted by molar-refractivity contribution is 6.29. The zero-order valence-electron chi connectivity index (χ0n) is 11.2. The number of nitrogens with zero attached hydrogens (tertiary/aromatic N) is 1. The smallest absolute Gasteiger partial charge is 0.371 e.